The largest absolute Gasteiger partial charge is 0.374 e. The van der Waals surface area contributed by atoms with Gasteiger partial charge in [-0.1, -0.05) is 6.07 Å². The number of nitro groups is 1. The van der Waals surface area contributed by atoms with Gasteiger partial charge in [0.05, 0.1) is 4.92 Å². The monoisotopic (exact) mass is 284 g/mol. The van der Waals surface area contributed by atoms with E-state index in [1.807, 2.05) is 19.2 Å². The molecule has 1 aromatic carbocycles. The minimum atomic E-state index is -0.399. The van der Waals surface area contributed by atoms with Gasteiger partial charge in [-0.2, -0.15) is 0 Å². The number of pyridine rings is 1. The fourth-order valence-corrected chi connectivity index (χ4v) is 2.63. The topological polar surface area (TPSA) is 71.3 Å². The average molecular weight is 284 g/mol. The van der Waals surface area contributed by atoms with Gasteiger partial charge in [-0.3, -0.25) is 10.1 Å². The van der Waals surface area contributed by atoms with Crippen molar-refractivity contribution >= 4 is 22.9 Å². The number of aryl methyl sites for hydroxylation is 1. The van der Waals surface area contributed by atoms with Crippen molar-refractivity contribution < 1.29 is 4.92 Å². The van der Waals surface area contributed by atoms with Crippen molar-refractivity contribution in [3.63, 3.8) is 0 Å². The zero-order valence-electron chi connectivity index (χ0n) is 12.0. The van der Waals surface area contributed by atoms with Gasteiger partial charge in [-0.25, -0.2) is 4.98 Å². The summed E-state index contributed by atoms with van der Waals surface area (Å²) in [6.07, 6.45) is 2.61. The molecule has 1 aliphatic heterocycles. The van der Waals surface area contributed by atoms with Crippen LogP contribution in [0.4, 0.5) is 22.9 Å². The maximum Gasteiger partial charge on any atom is 0.314 e. The van der Waals surface area contributed by atoms with Crippen molar-refractivity contribution in [2.75, 3.05) is 23.8 Å². The van der Waals surface area contributed by atoms with Crippen molar-refractivity contribution in [3.8, 4) is 0 Å². The van der Waals surface area contributed by atoms with Crippen LogP contribution < -0.4 is 10.2 Å². The summed E-state index contributed by atoms with van der Waals surface area (Å²) in [6, 6.07) is 7.64. The Morgan fingerprint density at radius 2 is 2.19 bits per heavy atom. The van der Waals surface area contributed by atoms with E-state index in [0.717, 1.165) is 24.3 Å². The number of anilines is 3. The summed E-state index contributed by atoms with van der Waals surface area (Å²) in [6.45, 7) is 2.71. The molecule has 1 N–H and O–H groups in total. The molecule has 0 saturated carbocycles. The Bertz CT molecular complexity index is 715. The molecule has 0 saturated heterocycles. The molecule has 2 aromatic rings. The molecule has 3 rings (SSSR count). The molecule has 1 aliphatic rings. The third kappa shape index (κ3) is 2.40. The van der Waals surface area contributed by atoms with E-state index in [1.54, 1.807) is 19.2 Å². The number of likely N-dealkylation sites (N-methyl/N-ethyl adjacent to an activating group) is 1. The lowest BCUT2D eigenvalue weighted by Gasteiger charge is -2.14. The third-order valence-electron chi connectivity index (χ3n) is 3.78. The van der Waals surface area contributed by atoms with Gasteiger partial charge in [0, 0.05) is 36.7 Å². The van der Waals surface area contributed by atoms with Crippen molar-refractivity contribution in [2.45, 2.75) is 13.3 Å². The summed E-state index contributed by atoms with van der Waals surface area (Å²) in [5.74, 6) is 0.278. The van der Waals surface area contributed by atoms with Crippen LogP contribution >= 0.6 is 0 Å². The molecule has 0 bridgehead atoms. The Kier molecular flexibility index (Phi) is 3.21. The second-order valence-corrected chi connectivity index (χ2v) is 5.22. The van der Waals surface area contributed by atoms with E-state index in [4.69, 9.17) is 0 Å². The molecule has 0 radical (unpaired) electrons. The highest BCUT2D eigenvalue weighted by atomic mass is 16.6. The van der Waals surface area contributed by atoms with Crippen LogP contribution in [0.5, 0.6) is 0 Å². The van der Waals surface area contributed by atoms with Crippen LogP contribution in [-0.4, -0.2) is 23.5 Å². The normalized spacial score (nSPS) is 13.1. The van der Waals surface area contributed by atoms with Gasteiger partial charge in [0.2, 0.25) is 5.82 Å². The fraction of sp³-hybridized carbons (Fsp3) is 0.267. The van der Waals surface area contributed by atoms with E-state index in [1.165, 1.54) is 5.56 Å². The summed E-state index contributed by atoms with van der Waals surface area (Å²) in [5, 5.41) is 14.3. The van der Waals surface area contributed by atoms with Gasteiger partial charge in [-0.05, 0) is 37.1 Å². The van der Waals surface area contributed by atoms with E-state index in [9.17, 15) is 10.1 Å². The number of benzene rings is 1. The molecule has 0 amide bonds. The number of nitrogens with one attached hydrogen (secondary N) is 1. The molecule has 6 heteroatoms. The van der Waals surface area contributed by atoms with E-state index < -0.39 is 4.92 Å². The average Bonchev–Trinajstić information content (AvgIpc) is 2.80. The third-order valence-corrected chi connectivity index (χ3v) is 3.78. The first kappa shape index (κ1) is 13.4. The smallest absolute Gasteiger partial charge is 0.314 e. The molecule has 21 heavy (non-hydrogen) atoms. The minimum Gasteiger partial charge on any atom is -0.374 e. The van der Waals surface area contributed by atoms with E-state index in [0.29, 0.717) is 5.56 Å². The van der Waals surface area contributed by atoms with Crippen molar-refractivity contribution in [2.24, 2.45) is 0 Å². The predicted molar refractivity (Wildman–Crippen MR) is 82.3 cm³/mol. The van der Waals surface area contributed by atoms with Gasteiger partial charge in [0.1, 0.15) is 0 Å². The maximum absolute atomic E-state index is 11.2. The molecule has 0 spiro atoms. The summed E-state index contributed by atoms with van der Waals surface area (Å²) in [4.78, 5) is 17.1. The lowest BCUT2D eigenvalue weighted by molar-refractivity contribution is -0.384. The molecule has 0 atom stereocenters. The first-order valence-electron chi connectivity index (χ1n) is 6.77. The second kappa shape index (κ2) is 5.05. The Balaban J connectivity index is 1.97. The minimum absolute atomic E-state index is 0.0198. The SMILES string of the molecule is Cc1ccnc(Nc2ccc3c(c2)N(C)CC3)c1[N+](=O)[O-]. The highest BCUT2D eigenvalue weighted by Gasteiger charge is 2.20. The van der Waals surface area contributed by atoms with Crippen LogP contribution in [0.1, 0.15) is 11.1 Å². The molecule has 1 aromatic heterocycles. The Morgan fingerprint density at radius 1 is 1.38 bits per heavy atom. The van der Waals surface area contributed by atoms with Crippen LogP contribution in [0.15, 0.2) is 30.5 Å². The summed E-state index contributed by atoms with van der Waals surface area (Å²) in [7, 11) is 2.04. The Morgan fingerprint density at radius 3 is 2.95 bits per heavy atom. The van der Waals surface area contributed by atoms with E-state index in [-0.39, 0.29) is 11.5 Å². The highest BCUT2D eigenvalue weighted by molar-refractivity contribution is 5.72. The summed E-state index contributed by atoms with van der Waals surface area (Å²) >= 11 is 0. The van der Waals surface area contributed by atoms with E-state index >= 15 is 0 Å². The molecule has 0 unspecified atom stereocenters. The van der Waals surface area contributed by atoms with Crippen LogP contribution in [0, 0.1) is 17.0 Å². The van der Waals surface area contributed by atoms with Gasteiger partial charge in [0.25, 0.3) is 0 Å². The molecule has 0 fully saturated rings. The van der Waals surface area contributed by atoms with Gasteiger partial charge >= 0.3 is 5.69 Å². The zero-order valence-corrected chi connectivity index (χ0v) is 12.0. The molecular weight excluding hydrogens is 268 g/mol. The van der Waals surface area contributed by atoms with Gasteiger partial charge in [-0.15, -0.1) is 0 Å². The quantitative estimate of drug-likeness (QED) is 0.693. The first-order valence-corrected chi connectivity index (χ1v) is 6.77. The number of nitrogens with zero attached hydrogens (tertiary/aromatic N) is 3. The van der Waals surface area contributed by atoms with Crippen molar-refractivity contribution in [1.29, 1.82) is 0 Å². The number of hydrogen-bond acceptors (Lipinski definition) is 5. The number of hydrogen-bond donors (Lipinski definition) is 1. The van der Waals surface area contributed by atoms with Gasteiger partial charge in [0.15, 0.2) is 0 Å². The van der Waals surface area contributed by atoms with Crippen molar-refractivity contribution in [3.05, 3.63) is 51.7 Å². The van der Waals surface area contributed by atoms with Crippen LogP contribution in [0.3, 0.4) is 0 Å². The molecule has 108 valence electrons. The molecule has 2 heterocycles. The zero-order chi connectivity index (χ0) is 15.0. The molecule has 0 aliphatic carbocycles. The van der Waals surface area contributed by atoms with Crippen LogP contribution in [0.25, 0.3) is 0 Å². The maximum atomic E-state index is 11.2. The summed E-state index contributed by atoms with van der Waals surface area (Å²) in [5.41, 5.74) is 3.89. The number of aromatic nitrogens is 1. The van der Waals surface area contributed by atoms with Crippen LogP contribution in [-0.2, 0) is 6.42 Å². The van der Waals surface area contributed by atoms with Crippen molar-refractivity contribution in [1.82, 2.24) is 4.98 Å². The lowest BCUT2D eigenvalue weighted by Crippen LogP contribution is -2.12. The highest BCUT2D eigenvalue weighted by Crippen LogP contribution is 2.33. The number of rotatable bonds is 3. The standard InChI is InChI=1S/C15H16N4O2/c1-10-5-7-16-15(14(10)19(20)21)17-12-4-3-11-6-8-18(2)13(11)9-12/h3-5,7,9H,6,8H2,1-2H3,(H,16,17). The molecule has 6 nitrogen and oxygen atoms in total. The van der Waals surface area contributed by atoms with E-state index in [2.05, 4.69) is 21.3 Å². The molecular formula is C15H16N4O2. The number of fused-ring (bicyclic) bond motifs is 1. The van der Waals surface area contributed by atoms with Gasteiger partial charge < -0.3 is 10.2 Å². The van der Waals surface area contributed by atoms with Crippen LogP contribution in [0.2, 0.25) is 0 Å². The Labute approximate surface area is 122 Å². The fourth-order valence-electron chi connectivity index (χ4n) is 2.63. The summed E-state index contributed by atoms with van der Waals surface area (Å²) < 4.78 is 0. The lowest BCUT2D eigenvalue weighted by atomic mass is 10.1. The first-order chi connectivity index (χ1) is 10.1. The Hall–Kier alpha value is -2.63. The predicted octanol–water partition coefficient (Wildman–Crippen LogP) is 3.03. The second-order valence-electron chi connectivity index (χ2n) is 5.22.